The predicted octanol–water partition coefficient (Wildman–Crippen LogP) is 2.61. The molecule has 0 bridgehead atoms. The first-order valence-corrected chi connectivity index (χ1v) is 6.42. The maximum Gasteiger partial charge on any atom is 0.174 e. The first-order chi connectivity index (χ1) is 9.22. The number of nitrogens with one attached hydrogen (secondary N) is 1. The summed E-state index contributed by atoms with van der Waals surface area (Å²) in [7, 11) is 3.21. The fourth-order valence-corrected chi connectivity index (χ4v) is 2.47. The molecule has 1 heterocycles. The molecular formula is C13H15BrN2O3. The van der Waals surface area contributed by atoms with E-state index in [1.807, 2.05) is 24.3 Å². The number of furan rings is 1. The van der Waals surface area contributed by atoms with Crippen LogP contribution in [0.15, 0.2) is 39.6 Å². The Bertz CT molecular complexity index is 534. The molecular weight excluding hydrogens is 312 g/mol. The van der Waals surface area contributed by atoms with E-state index in [9.17, 15) is 0 Å². The lowest BCUT2D eigenvalue weighted by atomic mass is 9.99. The van der Waals surface area contributed by atoms with Crippen molar-refractivity contribution in [1.29, 1.82) is 0 Å². The Balaban J connectivity index is 2.57. The Morgan fingerprint density at radius 3 is 2.26 bits per heavy atom. The van der Waals surface area contributed by atoms with E-state index in [0.717, 1.165) is 11.1 Å². The summed E-state index contributed by atoms with van der Waals surface area (Å²) in [5.41, 5.74) is 4.44. The van der Waals surface area contributed by atoms with Crippen molar-refractivity contribution in [3.8, 4) is 11.5 Å². The Morgan fingerprint density at radius 2 is 1.84 bits per heavy atom. The highest BCUT2D eigenvalue weighted by atomic mass is 79.9. The second-order valence-electron chi connectivity index (χ2n) is 3.83. The lowest BCUT2D eigenvalue weighted by Gasteiger charge is -2.21. The summed E-state index contributed by atoms with van der Waals surface area (Å²) in [4.78, 5) is 0. The van der Waals surface area contributed by atoms with Gasteiger partial charge in [0.05, 0.1) is 32.1 Å². The summed E-state index contributed by atoms with van der Waals surface area (Å²) in [5.74, 6) is 7.07. The molecule has 1 unspecified atom stereocenters. The van der Waals surface area contributed by atoms with Gasteiger partial charge < -0.3 is 13.9 Å². The van der Waals surface area contributed by atoms with E-state index in [0.29, 0.717) is 16.2 Å². The van der Waals surface area contributed by atoms with Crippen molar-refractivity contribution in [1.82, 2.24) is 5.43 Å². The average Bonchev–Trinajstić information content (AvgIpc) is 2.86. The topological polar surface area (TPSA) is 69.7 Å². The molecule has 0 spiro atoms. The highest BCUT2D eigenvalue weighted by Crippen LogP contribution is 2.39. The van der Waals surface area contributed by atoms with Crippen molar-refractivity contribution < 1.29 is 13.9 Å². The van der Waals surface area contributed by atoms with E-state index < -0.39 is 0 Å². The molecule has 0 fully saturated rings. The zero-order valence-corrected chi connectivity index (χ0v) is 12.2. The molecule has 0 aliphatic carbocycles. The van der Waals surface area contributed by atoms with Gasteiger partial charge in [-0.3, -0.25) is 5.84 Å². The van der Waals surface area contributed by atoms with Gasteiger partial charge in [0.15, 0.2) is 4.67 Å². The van der Waals surface area contributed by atoms with Gasteiger partial charge in [0.1, 0.15) is 11.5 Å². The van der Waals surface area contributed by atoms with Gasteiger partial charge in [-0.1, -0.05) is 6.07 Å². The molecule has 0 saturated heterocycles. The molecule has 2 rings (SSSR count). The van der Waals surface area contributed by atoms with Gasteiger partial charge in [-0.2, -0.15) is 0 Å². The van der Waals surface area contributed by atoms with Crippen LogP contribution in [0, 0.1) is 0 Å². The standard InChI is InChI=1S/C13H15BrN2O3/c1-17-9-4-3-5-10(18-2)11(9)12(16-15)8-6-7-19-13(8)14/h3-7,12,16H,15H2,1-2H3. The number of nitrogens with two attached hydrogens (primary N) is 1. The van der Waals surface area contributed by atoms with Gasteiger partial charge in [0.2, 0.25) is 0 Å². The SMILES string of the molecule is COc1cccc(OC)c1C(NN)c1ccoc1Br. The van der Waals surface area contributed by atoms with E-state index in [1.54, 1.807) is 20.5 Å². The first kappa shape index (κ1) is 13.9. The quantitative estimate of drug-likeness (QED) is 0.653. The number of hydrogen-bond acceptors (Lipinski definition) is 5. The van der Waals surface area contributed by atoms with Gasteiger partial charge in [-0.15, -0.1) is 0 Å². The molecule has 2 aromatic rings. The molecule has 6 heteroatoms. The minimum atomic E-state index is -0.306. The van der Waals surface area contributed by atoms with Crippen LogP contribution in [0.4, 0.5) is 0 Å². The van der Waals surface area contributed by atoms with Crippen LogP contribution >= 0.6 is 15.9 Å². The molecule has 0 amide bonds. The molecule has 0 aliphatic heterocycles. The third-order valence-corrected chi connectivity index (χ3v) is 3.52. The smallest absolute Gasteiger partial charge is 0.174 e. The largest absolute Gasteiger partial charge is 0.496 e. The Morgan fingerprint density at radius 1 is 1.21 bits per heavy atom. The number of ether oxygens (including phenoxy) is 2. The Kier molecular flexibility index (Phi) is 4.47. The third kappa shape index (κ3) is 2.60. The maximum absolute atomic E-state index is 5.69. The number of methoxy groups -OCH3 is 2. The van der Waals surface area contributed by atoms with E-state index >= 15 is 0 Å². The van der Waals surface area contributed by atoms with E-state index in [2.05, 4.69) is 21.4 Å². The van der Waals surface area contributed by atoms with Gasteiger partial charge in [-0.25, -0.2) is 5.43 Å². The van der Waals surface area contributed by atoms with Crippen LogP contribution in [0.1, 0.15) is 17.2 Å². The number of halogens is 1. The van der Waals surface area contributed by atoms with Crippen molar-refractivity contribution in [3.63, 3.8) is 0 Å². The highest BCUT2D eigenvalue weighted by Gasteiger charge is 2.24. The highest BCUT2D eigenvalue weighted by molar-refractivity contribution is 9.10. The van der Waals surface area contributed by atoms with Gasteiger partial charge >= 0.3 is 0 Å². The zero-order valence-electron chi connectivity index (χ0n) is 10.6. The van der Waals surface area contributed by atoms with E-state index in [4.69, 9.17) is 19.7 Å². The van der Waals surface area contributed by atoms with Crippen molar-refractivity contribution in [3.05, 3.63) is 46.3 Å². The van der Waals surface area contributed by atoms with Crippen LogP contribution in [0.5, 0.6) is 11.5 Å². The van der Waals surface area contributed by atoms with E-state index in [-0.39, 0.29) is 6.04 Å². The van der Waals surface area contributed by atoms with Crippen LogP contribution in [-0.4, -0.2) is 14.2 Å². The molecule has 1 atom stereocenters. The second-order valence-corrected chi connectivity index (χ2v) is 4.55. The summed E-state index contributed by atoms with van der Waals surface area (Å²) in [6.07, 6.45) is 1.59. The average molecular weight is 327 g/mol. The number of rotatable bonds is 5. The Hall–Kier alpha value is -1.50. The summed E-state index contributed by atoms with van der Waals surface area (Å²) >= 11 is 3.35. The third-order valence-electron chi connectivity index (χ3n) is 2.88. The van der Waals surface area contributed by atoms with Crippen molar-refractivity contribution in [2.24, 2.45) is 5.84 Å². The molecule has 1 aromatic carbocycles. The maximum atomic E-state index is 5.69. The Labute approximate surface area is 119 Å². The molecule has 0 aliphatic rings. The van der Waals surface area contributed by atoms with Crippen molar-refractivity contribution >= 4 is 15.9 Å². The number of hydrazine groups is 1. The normalized spacial score (nSPS) is 12.2. The fourth-order valence-electron chi connectivity index (χ4n) is 2.00. The molecule has 5 nitrogen and oxygen atoms in total. The van der Waals surface area contributed by atoms with Crippen LogP contribution < -0.4 is 20.7 Å². The molecule has 3 N–H and O–H groups in total. The summed E-state index contributed by atoms with van der Waals surface area (Å²) < 4.78 is 16.6. The summed E-state index contributed by atoms with van der Waals surface area (Å²) in [6.45, 7) is 0. The minimum Gasteiger partial charge on any atom is -0.496 e. The molecule has 0 saturated carbocycles. The lowest BCUT2D eigenvalue weighted by Crippen LogP contribution is -2.29. The molecule has 102 valence electrons. The van der Waals surface area contributed by atoms with Crippen LogP contribution in [0.2, 0.25) is 0 Å². The van der Waals surface area contributed by atoms with Crippen molar-refractivity contribution in [2.75, 3.05) is 14.2 Å². The van der Waals surface area contributed by atoms with Crippen LogP contribution in [0.3, 0.4) is 0 Å². The van der Waals surface area contributed by atoms with Gasteiger partial charge in [0.25, 0.3) is 0 Å². The lowest BCUT2D eigenvalue weighted by molar-refractivity contribution is 0.376. The van der Waals surface area contributed by atoms with E-state index in [1.165, 1.54) is 0 Å². The second kappa shape index (κ2) is 6.10. The summed E-state index contributed by atoms with van der Waals surface area (Å²) in [5, 5.41) is 0. The van der Waals surface area contributed by atoms with Gasteiger partial charge in [0, 0.05) is 5.56 Å². The van der Waals surface area contributed by atoms with Gasteiger partial charge in [-0.05, 0) is 34.1 Å². The minimum absolute atomic E-state index is 0.306. The summed E-state index contributed by atoms with van der Waals surface area (Å²) in [6, 6.07) is 7.10. The fraction of sp³-hybridized carbons (Fsp3) is 0.231. The molecule has 0 radical (unpaired) electrons. The predicted molar refractivity (Wildman–Crippen MR) is 75.1 cm³/mol. The molecule has 1 aromatic heterocycles. The molecule has 19 heavy (non-hydrogen) atoms. The van der Waals surface area contributed by atoms with Crippen molar-refractivity contribution in [2.45, 2.75) is 6.04 Å². The van der Waals surface area contributed by atoms with Crippen LogP contribution in [0.25, 0.3) is 0 Å². The number of hydrogen-bond donors (Lipinski definition) is 2. The van der Waals surface area contributed by atoms with Crippen LogP contribution in [-0.2, 0) is 0 Å². The first-order valence-electron chi connectivity index (χ1n) is 5.62. The number of benzene rings is 1. The zero-order chi connectivity index (χ0) is 13.8. The monoisotopic (exact) mass is 326 g/mol.